The van der Waals surface area contributed by atoms with Crippen LogP contribution in [0.2, 0.25) is 0 Å². The fourth-order valence-corrected chi connectivity index (χ4v) is 2.80. The molecule has 0 radical (unpaired) electrons. The molecule has 0 amide bonds. The molecule has 1 N–H and O–H groups in total. The Bertz CT molecular complexity index is 536. The van der Waals surface area contributed by atoms with Gasteiger partial charge in [-0.1, -0.05) is 39.8 Å². The molecule has 18 heavy (non-hydrogen) atoms. The molecule has 1 aromatic carbocycles. The molecule has 0 saturated carbocycles. The minimum absolute atomic E-state index is 0.447. The molecule has 1 aromatic heterocycles. The average Bonchev–Trinajstić information content (AvgIpc) is 2.37. The first-order chi connectivity index (χ1) is 8.66. The molecule has 0 aliphatic heterocycles. The number of aliphatic hydroxyl groups is 1. The third-order valence-electron chi connectivity index (χ3n) is 2.41. The van der Waals surface area contributed by atoms with Crippen LogP contribution in [0.25, 0.3) is 0 Å². The Hall–Kier alpha value is -1.04. The van der Waals surface area contributed by atoms with Gasteiger partial charge in [0.15, 0.2) is 6.20 Å². The van der Waals surface area contributed by atoms with Gasteiger partial charge in [-0.25, -0.2) is 0 Å². The van der Waals surface area contributed by atoms with Crippen molar-refractivity contribution in [1.82, 2.24) is 0 Å². The minimum atomic E-state index is -0.590. The van der Waals surface area contributed by atoms with Gasteiger partial charge in [0.2, 0.25) is 0 Å². The second kappa shape index (κ2) is 6.22. The van der Waals surface area contributed by atoms with Crippen LogP contribution >= 0.6 is 27.7 Å². The number of rotatable bonds is 4. The van der Waals surface area contributed by atoms with Crippen LogP contribution in [0.4, 0.5) is 0 Å². The summed E-state index contributed by atoms with van der Waals surface area (Å²) in [6.45, 7) is 0. The van der Waals surface area contributed by atoms with Crippen molar-refractivity contribution in [3.05, 3.63) is 63.9 Å². The monoisotopic (exact) mass is 325 g/mol. The third-order valence-corrected chi connectivity index (χ3v) is 4.00. The largest absolute Gasteiger partial charge is 0.618 e. The summed E-state index contributed by atoms with van der Waals surface area (Å²) < 4.78 is 1.74. The zero-order valence-electron chi connectivity index (χ0n) is 9.49. The van der Waals surface area contributed by atoms with E-state index in [9.17, 15) is 10.3 Å². The van der Waals surface area contributed by atoms with Crippen molar-refractivity contribution in [1.29, 1.82) is 0 Å². The number of nitrogens with zero attached hydrogens (tertiary/aromatic N) is 1. The van der Waals surface area contributed by atoms with E-state index in [0.29, 0.717) is 10.8 Å². The molecule has 0 aliphatic carbocycles. The van der Waals surface area contributed by atoms with Gasteiger partial charge in [-0.15, -0.1) is 0 Å². The zero-order chi connectivity index (χ0) is 13.0. The normalized spacial score (nSPS) is 12.3. The first-order valence-corrected chi connectivity index (χ1v) is 7.19. The topological polar surface area (TPSA) is 47.2 Å². The van der Waals surface area contributed by atoms with Gasteiger partial charge in [0, 0.05) is 22.4 Å². The van der Waals surface area contributed by atoms with Crippen molar-refractivity contribution in [3.8, 4) is 0 Å². The van der Waals surface area contributed by atoms with E-state index in [0.717, 1.165) is 14.8 Å². The molecule has 5 heteroatoms. The summed E-state index contributed by atoms with van der Waals surface area (Å²) in [5, 5.41) is 22.1. The Kier molecular flexibility index (Phi) is 4.63. The maximum absolute atomic E-state index is 11.4. The Morgan fingerprint density at radius 2 is 2.11 bits per heavy atom. The summed E-state index contributed by atoms with van der Waals surface area (Å²) in [5.74, 6) is 0.447. The van der Waals surface area contributed by atoms with E-state index in [2.05, 4.69) is 15.9 Å². The molecular weight excluding hydrogens is 314 g/mol. The molecule has 0 spiro atoms. The van der Waals surface area contributed by atoms with E-state index >= 15 is 0 Å². The van der Waals surface area contributed by atoms with Gasteiger partial charge >= 0.3 is 0 Å². The molecule has 0 bridgehead atoms. The SMILES string of the molecule is [O-][n+]1ccccc1SC[C@@H](O)c1cccc(Br)c1. The highest BCUT2D eigenvalue weighted by molar-refractivity contribution is 9.10. The van der Waals surface area contributed by atoms with Crippen molar-refractivity contribution in [2.75, 3.05) is 5.75 Å². The van der Waals surface area contributed by atoms with Gasteiger partial charge in [0.1, 0.15) is 0 Å². The zero-order valence-corrected chi connectivity index (χ0v) is 11.9. The van der Waals surface area contributed by atoms with Crippen molar-refractivity contribution >= 4 is 27.7 Å². The molecular formula is C13H12BrNO2S. The molecule has 0 fully saturated rings. The number of hydrogen-bond acceptors (Lipinski definition) is 3. The first-order valence-electron chi connectivity index (χ1n) is 5.41. The summed E-state index contributed by atoms with van der Waals surface area (Å²) in [6.07, 6.45) is 0.862. The average molecular weight is 326 g/mol. The number of pyridine rings is 1. The number of hydrogen-bond donors (Lipinski definition) is 1. The van der Waals surface area contributed by atoms with Crippen molar-refractivity contribution < 1.29 is 9.84 Å². The van der Waals surface area contributed by atoms with E-state index < -0.39 is 6.10 Å². The number of aliphatic hydroxyl groups excluding tert-OH is 1. The predicted molar refractivity (Wildman–Crippen MR) is 75.2 cm³/mol. The lowest BCUT2D eigenvalue weighted by Gasteiger charge is -2.10. The number of thioether (sulfide) groups is 1. The summed E-state index contributed by atoms with van der Waals surface area (Å²) in [5.41, 5.74) is 0.838. The maximum atomic E-state index is 11.4. The molecule has 2 aromatic rings. The van der Waals surface area contributed by atoms with Crippen LogP contribution in [0.1, 0.15) is 11.7 Å². The van der Waals surface area contributed by atoms with Crippen LogP contribution in [0.5, 0.6) is 0 Å². The molecule has 1 atom stereocenters. The van der Waals surface area contributed by atoms with Crippen LogP contribution in [0.15, 0.2) is 58.2 Å². The van der Waals surface area contributed by atoms with E-state index in [-0.39, 0.29) is 0 Å². The predicted octanol–water partition coefficient (Wildman–Crippen LogP) is 2.91. The van der Waals surface area contributed by atoms with E-state index in [1.54, 1.807) is 12.1 Å². The van der Waals surface area contributed by atoms with Crippen molar-refractivity contribution in [2.24, 2.45) is 0 Å². The Morgan fingerprint density at radius 1 is 1.28 bits per heavy atom. The lowest BCUT2D eigenvalue weighted by molar-refractivity contribution is -0.645. The lowest BCUT2D eigenvalue weighted by atomic mass is 10.1. The Balaban J connectivity index is 2.00. The van der Waals surface area contributed by atoms with Gasteiger partial charge in [-0.05, 0) is 23.8 Å². The van der Waals surface area contributed by atoms with Crippen LogP contribution < -0.4 is 4.73 Å². The molecule has 1 heterocycles. The molecule has 0 aliphatic rings. The van der Waals surface area contributed by atoms with Gasteiger partial charge < -0.3 is 10.3 Å². The number of halogens is 1. The molecule has 0 unspecified atom stereocenters. The Labute approximate surface area is 118 Å². The Morgan fingerprint density at radius 3 is 2.83 bits per heavy atom. The van der Waals surface area contributed by atoms with Crippen LogP contribution in [-0.4, -0.2) is 10.9 Å². The summed E-state index contributed by atoms with van der Waals surface area (Å²) in [6, 6.07) is 12.8. The summed E-state index contributed by atoms with van der Waals surface area (Å²) >= 11 is 4.71. The molecule has 3 nitrogen and oxygen atoms in total. The van der Waals surface area contributed by atoms with E-state index in [4.69, 9.17) is 0 Å². The maximum Gasteiger partial charge on any atom is 0.251 e. The molecule has 0 saturated heterocycles. The standard InChI is InChI=1S/C13H12BrNO2S/c14-11-5-3-4-10(8-11)12(16)9-18-13-6-1-2-7-15(13)17/h1-8,12,16H,9H2/t12-/m1/s1. The van der Waals surface area contributed by atoms with E-state index in [1.807, 2.05) is 30.3 Å². The van der Waals surface area contributed by atoms with Gasteiger partial charge in [-0.3, -0.25) is 0 Å². The second-order valence-corrected chi connectivity index (χ2v) is 5.70. The quantitative estimate of drug-likeness (QED) is 0.534. The smallest absolute Gasteiger partial charge is 0.251 e. The van der Waals surface area contributed by atoms with Crippen LogP contribution in [0.3, 0.4) is 0 Å². The van der Waals surface area contributed by atoms with Crippen LogP contribution in [0, 0.1) is 5.21 Å². The fraction of sp³-hybridized carbons (Fsp3) is 0.154. The summed E-state index contributed by atoms with van der Waals surface area (Å²) in [4.78, 5) is 0. The minimum Gasteiger partial charge on any atom is -0.618 e. The lowest BCUT2D eigenvalue weighted by Crippen LogP contribution is -2.28. The molecule has 94 valence electrons. The van der Waals surface area contributed by atoms with E-state index in [1.165, 1.54) is 18.0 Å². The number of aromatic nitrogens is 1. The molecule has 2 rings (SSSR count). The number of benzene rings is 1. The highest BCUT2D eigenvalue weighted by Gasteiger charge is 2.12. The first kappa shape index (κ1) is 13.4. The highest BCUT2D eigenvalue weighted by Crippen LogP contribution is 2.24. The van der Waals surface area contributed by atoms with Gasteiger partial charge in [0.05, 0.1) is 6.10 Å². The van der Waals surface area contributed by atoms with Gasteiger partial charge in [-0.2, -0.15) is 4.73 Å². The van der Waals surface area contributed by atoms with Crippen molar-refractivity contribution in [2.45, 2.75) is 11.1 Å². The van der Waals surface area contributed by atoms with Gasteiger partial charge in [0.25, 0.3) is 5.03 Å². The second-order valence-electron chi connectivity index (χ2n) is 3.75. The fourth-order valence-electron chi connectivity index (χ4n) is 1.50. The third kappa shape index (κ3) is 3.48. The van der Waals surface area contributed by atoms with Crippen molar-refractivity contribution in [3.63, 3.8) is 0 Å². The van der Waals surface area contributed by atoms with Crippen LogP contribution in [-0.2, 0) is 0 Å². The summed E-state index contributed by atoms with van der Waals surface area (Å²) in [7, 11) is 0. The highest BCUT2D eigenvalue weighted by atomic mass is 79.9.